The van der Waals surface area contributed by atoms with Crippen molar-refractivity contribution in [3.63, 3.8) is 0 Å². The summed E-state index contributed by atoms with van der Waals surface area (Å²) in [5, 5.41) is 26.3. The van der Waals surface area contributed by atoms with Crippen molar-refractivity contribution in [2.45, 2.75) is 154 Å². The molecule has 9 aromatic rings. The third-order valence-electron chi connectivity index (χ3n) is 18.8. The van der Waals surface area contributed by atoms with Gasteiger partial charge in [0.1, 0.15) is 0 Å². The maximum atomic E-state index is 10.7. The van der Waals surface area contributed by atoms with Crippen LogP contribution in [0.4, 0.5) is 0 Å². The lowest BCUT2D eigenvalue weighted by atomic mass is 9.98. The van der Waals surface area contributed by atoms with Gasteiger partial charge in [-0.3, -0.25) is 29.1 Å². The van der Waals surface area contributed by atoms with Crippen molar-refractivity contribution in [1.29, 1.82) is 0 Å². The molecule has 15 nitrogen and oxygen atoms in total. The fourth-order valence-electron chi connectivity index (χ4n) is 13.4. The minimum Gasteiger partial charge on any atom is -0.481 e. The second-order valence-corrected chi connectivity index (χ2v) is 25.5. The fourth-order valence-corrected chi connectivity index (χ4v) is 13.4. The van der Waals surface area contributed by atoms with E-state index < -0.39 is 17.9 Å². The number of carbonyl (C=O) groups is 3. The Bertz CT molecular complexity index is 3520. The first kappa shape index (κ1) is 69.7. The van der Waals surface area contributed by atoms with E-state index in [0.717, 1.165) is 237 Å². The van der Waals surface area contributed by atoms with E-state index in [9.17, 15) is 14.4 Å². The van der Waals surface area contributed by atoms with E-state index in [2.05, 4.69) is 108 Å². The number of carboxylic acid groups (broad SMARTS) is 3. The standard InChI is InChI=1S/3C27H31N3O2/c3*1-20-25-23(17-19-30(20)18-11-3-2-10-16-24(31)32)28-26(21-12-6-4-7-13-21)27(29-25)22-14-8-5-9-15-22/h3*4-9,12-15,20H,2-3,10-11,16-19H2,1H3,(H,31,32)/t2*20-;/m10./s1. The van der Waals surface area contributed by atoms with Crippen LogP contribution in [-0.4, -0.2) is 117 Å². The molecule has 1 unspecified atom stereocenters. The molecule has 3 atom stereocenters. The summed E-state index contributed by atoms with van der Waals surface area (Å²) in [7, 11) is 0. The second-order valence-electron chi connectivity index (χ2n) is 25.5. The lowest BCUT2D eigenvalue weighted by molar-refractivity contribution is -0.138. The Balaban J connectivity index is 0.000000157. The van der Waals surface area contributed by atoms with E-state index in [1.54, 1.807) is 0 Å². The highest BCUT2D eigenvalue weighted by molar-refractivity contribution is 5.80. The Kier molecular flexibility index (Phi) is 25.8. The van der Waals surface area contributed by atoms with Crippen molar-refractivity contribution in [3.05, 3.63) is 216 Å². The zero-order valence-corrected chi connectivity index (χ0v) is 56.1. The molecule has 0 bridgehead atoms. The van der Waals surface area contributed by atoms with Gasteiger partial charge in [0.2, 0.25) is 0 Å². The summed E-state index contributed by atoms with van der Waals surface area (Å²) >= 11 is 0. The number of benzene rings is 6. The van der Waals surface area contributed by atoms with E-state index >= 15 is 0 Å². The van der Waals surface area contributed by atoms with Crippen molar-refractivity contribution >= 4 is 17.9 Å². The average Bonchev–Trinajstić information content (AvgIpc) is 0.789. The quantitative estimate of drug-likeness (QED) is 0.0411. The summed E-state index contributed by atoms with van der Waals surface area (Å²) in [6.45, 7) is 12.7. The normalized spacial score (nSPS) is 16.0. The smallest absolute Gasteiger partial charge is 0.303 e. The number of hydrogen-bond acceptors (Lipinski definition) is 12. The molecule has 12 rings (SSSR count). The van der Waals surface area contributed by atoms with Gasteiger partial charge in [0.25, 0.3) is 0 Å². The van der Waals surface area contributed by atoms with Crippen LogP contribution in [0.5, 0.6) is 0 Å². The maximum Gasteiger partial charge on any atom is 0.303 e. The van der Waals surface area contributed by atoms with Crippen LogP contribution < -0.4 is 0 Å². The maximum absolute atomic E-state index is 10.7. The van der Waals surface area contributed by atoms with Crippen molar-refractivity contribution < 1.29 is 29.7 Å². The molecule has 0 fully saturated rings. The highest BCUT2D eigenvalue weighted by Gasteiger charge is 2.32. The first-order chi connectivity index (χ1) is 46.9. The van der Waals surface area contributed by atoms with Gasteiger partial charge in [-0.05, 0) is 78.9 Å². The number of unbranched alkanes of at least 4 members (excludes halogenated alkanes) is 9. The van der Waals surface area contributed by atoms with Crippen LogP contribution in [0.25, 0.3) is 67.5 Å². The molecule has 0 spiro atoms. The predicted octanol–water partition coefficient (Wildman–Crippen LogP) is 17.3. The SMILES string of the molecule is CC1c2nc(-c3ccccc3)c(-c3ccccc3)nc2CCN1CCCCCCC(=O)O.C[C@@H]1c2nc(-c3ccccc3)c(-c3ccccc3)nc2CCN1CCCCCCC(=O)O.C[C@H]1c2nc(-c3ccccc3)c(-c3ccccc3)nc2CCN1CCCCCCC(=O)O. The van der Waals surface area contributed by atoms with Gasteiger partial charge < -0.3 is 15.3 Å². The number of fused-ring (bicyclic) bond motifs is 3. The number of nitrogens with zero attached hydrogens (tertiary/aromatic N) is 9. The molecule has 96 heavy (non-hydrogen) atoms. The number of carboxylic acids is 3. The highest BCUT2D eigenvalue weighted by atomic mass is 16.4. The molecule has 3 aliphatic rings. The molecule has 0 radical (unpaired) electrons. The van der Waals surface area contributed by atoms with E-state index in [0.29, 0.717) is 0 Å². The number of rotatable bonds is 27. The molecular formula is C81H93N9O6. The summed E-state index contributed by atoms with van der Waals surface area (Å²) < 4.78 is 0. The van der Waals surface area contributed by atoms with Crippen molar-refractivity contribution in [3.8, 4) is 67.5 Å². The fraction of sp³-hybridized carbons (Fsp3) is 0.370. The Morgan fingerprint density at radius 2 is 0.500 bits per heavy atom. The minimum atomic E-state index is -0.700. The van der Waals surface area contributed by atoms with Crippen molar-refractivity contribution in [2.24, 2.45) is 0 Å². The van der Waals surface area contributed by atoms with Crippen LogP contribution in [-0.2, 0) is 33.6 Å². The van der Waals surface area contributed by atoms with Gasteiger partial charge in [0.05, 0.1) is 86.5 Å². The summed E-state index contributed by atoms with van der Waals surface area (Å²) in [5.74, 6) is -2.10. The van der Waals surface area contributed by atoms with Crippen LogP contribution in [0, 0.1) is 0 Å². The first-order valence-corrected chi connectivity index (χ1v) is 34.8. The summed E-state index contributed by atoms with van der Waals surface area (Å²) in [5.41, 5.74) is 18.8. The molecule has 0 amide bonds. The van der Waals surface area contributed by atoms with Gasteiger partial charge >= 0.3 is 17.9 Å². The highest BCUT2D eigenvalue weighted by Crippen LogP contribution is 2.39. The summed E-state index contributed by atoms with van der Waals surface area (Å²) in [6.07, 6.45) is 15.2. The van der Waals surface area contributed by atoms with Crippen molar-refractivity contribution in [2.75, 3.05) is 39.3 Å². The van der Waals surface area contributed by atoms with E-state index in [1.807, 2.05) is 109 Å². The Hall–Kier alpha value is -9.15. The molecule has 3 aliphatic heterocycles. The number of aliphatic carboxylic acids is 3. The molecule has 6 heterocycles. The van der Waals surface area contributed by atoms with E-state index in [4.69, 9.17) is 45.2 Å². The van der Waals surface area contributed by atoms with Crippen LogP contribution in [0.1, 0.15) is 169 Å². The number of aromatic nitrogens is 6. The Labute approximate surface area is 566 Å². The molecule has 15 heteroatoms. The lowest BCUT2D eigenvalue weighted by Crippen LogP contribution is -2.36. The number of hydrogen-bond donors (Lipinski definition) is 3. The zero-order chi connectivity index (χ0) is 67.0. The van der Waals surface area contributed by atoms with Crippen LogP contribution in [0.3, 0.4) is 0 Å². The van der Waals surface area contributed by atoms with E-state index in [-0.39, 0.29) is 37.4 Å². The molecule has 498 valence electrons. The summed E-state index contributed by atoms with van der Waals surface area (Å²) in [6, 6.07) is 62.6. The Morgan fingerprint density at radius 3 is 0.708 bits per heavy atom. The van der Waals surface area contributed by atoms with Gasteiger partial charge in [0.15, 0.2) is 0 Å². The molecule has 0 saturated heterocycles. The lowest BCUT2D eigenvalue weighted by Gasteiger charge is -2.34. The topological polar surface area (TPSA) is 199 Å². The van der Waals surface area contributed by atoms with Gasteiger partial charge in [-0.15, -0.1) is 0 Å². The molecule has 3 N–H and O–H groups in total. The first-order valence-electron chi connectivity index (χ1n) is 34.8. The van der Waals surface area contributed by atoms with Gasteiger partial charge in [-0.1, -0.05) is 221 Å². The van der Waals surface area contributed by atoms with Crippen molar-refractivity contribution in [1.82, 2.24) is 44.6 Å². The third-order valence-corrected chi connectivity index (χ3v) is 18.8. The minimum absolute atomic E-state index is 0.220. The predicted molar refractivity (Wildman–Crippen MR) is 382 cm³/mol. The monoisotopic (exact) mass is 1290 g/mol. The van der Waals surface area contributed by atoms with Crippen LogP contribution >= 0.6 is 0 Å². The Morgan fingerprint density at radius 1 is 0.302 bits per heavy atom. The van der Waals surface area contributed by atoms with Gasteiger partial charge in [0, 0.05) is 91.5 Å². The van der Waals surface area contributed by atoms with E-state index in [1.165, 1.54) is 0 Å². The zero-order valence-electron chi connectivity index (χ0n) is 56.1. The summed E-state index contributed by atoms with van der Waals surface area (Å²) in [4.78, 5) is 70.5. The second kappa shape index (κ2) is 35.6. The molecule has 6 aromatic carbocycles. The van der Waals surface area contributed by atoms with Gasteiger partial charge in [-0.2, -0.15) is 0 Å². The van der Waals surface area contributed by atoms with Crippen LogP contribution in [0.2, 0.25) is 0 Å². The van der Waals surface area contributed by atoms with Crippen LogP contribution in [0.15, 0.2) is 182 Å². The molecular weight excluding hydrogens is 1190 g/mol. The van der Waals surface area contributed by atoms with Gasteiger partial charge in [-0.25, -0.2) is 29.9 Å². The molecule has 0 aliphatic carbocycles. The molecule has 0 saturated carbocycles. The largest absolute Gasteiger partial charge is 0.481 e. The molecule has 3 aromatic heterocycles. The third kappa shape index (κ3) is 19.1. The average molecular weight is 1290 g/mol.